The largest absolute Gasteiger partial charge is 0.451 e. The Morgan fingerprint density at radius 2 is 1.63 bits per heavy atom. The molecule has 250 valence electrons. The molecular weight excluding hydrogens is 632 g/mol. The van der Waals surface area contributed by atoms with Crippen LogP contribution in [0.4, 0.5) is 8.78 Å². The summed E-state index contributed by atoms with van der Waals surface area (Å²) in [4.78, 5) is 15.1. The van der Waals surface area contributed by atoms with Gasteiger partial charge in [-0.2, -0.15) is 4.99 Å². The summed E-state index contributed by atoms with van der Waals surface area (Å²) in [5.41, 5.74) is 10.9. The lowest BCUT2D eigenvalue weighted by Gasteiger charge is -2.11. The Morgan fingerprint density at radius 1 is 1.02 bits per heavy atom. The molecule has 18 heteroatoms. The lowest BCUT2D eigenvalue weighted by molar-refractivity contribution is -0.114. The van der Waals surface area contributed by atoms with E-state index in [1.165, 1.54) is 37.3 Å². The van der Waals surface area contributed by atoms with Crippen LogP contribution >= 0.6 is 0 Å². The Balaban J connectivity index is 1.35. The standard InChI is InChI=1S/C28H35F2N7O8S/c1-19(27(39)34-28(31)32)14-20-15-24(29)26(25(30)16-20)45-22-2-4-23(5-3-22)46(40,41)33-6-8-42-10-12-44-13-11-43-9-7-37-17-21(18-38)35-36-37/h2-5,14-17,33,38H,6-13,18H2,1H3,(H4,31,32,34,39). The molecule has 0 unspecified atom stereocenters. The third-order valence-electron chi connectivity index (χ3n) is 5.82. The molecule has 1 amide bonds. The number of aliphatic hydroxyl groups is 1. The van der Waals surface area contributed by atoms with Gasteiger partial charge in [0.2, 0.25) is 10.0 Å². The van der Waals surface area contributed by atoms with Crippen molar-refractivity contribution in [3.63, 3.8) is 0 Å². The number of hydrogen-bond acceptors (Lipinski definition) is 10. The van der Waals surface area contributed by atoms with Crippen LogP contribution in [0.1, 0.15) is 18.2 Å². The van der Waals surface area contributed by atoms with Crippen molar-refractivity contribution >= 4 is 28.0 Å². The quantitative estimate of drug-likeness (QED) is 0.0611. The minimum atomic E-state index is -3.89. The number of ether oxygens (including phenoxy) is 4. The first-order valence-corrected chi connectivity index (χ1v) is 15.3. The molecule has 0 fully saturated rings. The first-order chi connectivity index (χ1) is 22.0. The number of hydrogen-bond donors (Lipinski definition) is 4. The number of aromatic nitrogens is 3. The monoisotopic (exact) mass is 667 g/mol. The molecule has 3 aromatic rings. The molecule has 0 spiro atoms. The second-order valence-corrected chi connectivity index (χ2v) is 11.2. The maximum Gasteiger partial charge on any atom is 0.275 e. The molecule has 0 aliphatic heterocycles. The summed E-state index contributed by atoms with van der Waals surface area (Å²) in [6.07, 6.45) is 2.83. The highest BCUT2D eigenvalue weighted by atomic mass is 32.2. The number of aliphatic hydroxyl groups excluding tert-OH is 1. The van der Waals surface area contributed by atoms with Crippen LogP contribution in [0.5, 0.6) is 11.5 Å². The average molecular weight is 668 g/mol. The maximum atomic E-state index is 14.6. The van der Waals surface area contributed by atoms with Crippen molar-refractivity contribution in [2.45, 2.75) is 25.0 Å². The Hall–Kier alpha value is -4.33. The van der Waals surface area contributed by atoms with Gasteiger partial charge in [-0.05, 0) is 55.0 Å². The summed E-state index contributed by atoms with van der Waals surface area (Å²) in [6.45, 7) is 3.45. The van der Waals surface area contributed by atoms with Crippen LogP contribution in [0.15, 0.2) is 58.1 Å². The van der Waals surface area contributed by atoms with Crippen LogP contribution in [-0.2, 0) is 42.2 Å². The number of sulfonamides is 1. The van der Waals surface area contributed by atoms with Crippen molar-refractivity contribution in [2.24, 2.45) is 16.5 Å². The average Bonchev–Trinajstić information content (AvgIpc) is 3.47. The fraction of sp³-hybridized carbons (Fsp3) is 0.357. The van der Waals surface area contributed by atoms with Gasteiger partial charge in [0.25, 0.3) is 5.91 Å². The molecule has 3 rings (SSSR count). The second kappa shape index (κ2) is 18.0. The summed E-state index contributed by atoms with van der Waals surface area (Å²) in [5.74, 6) is -4.05. The predicted octanol–water partition coefficient (Wildman–Crippen LogP) is 1.07. The van der Waals surface area contributed by atoms with Crippen molar-refractivity contribution in [2.75, 3.05) is 46.2 Å². The van der Waals surface area contributed by atoms with Crippen LogP contribution in [-0.4, -0.2) is 86.6 Å². The van der Waals surface area contributed by atoms with Gasteiger partial charge in [-0.3, -0.25) is 4.79 Å². The van der Waals surface area contributed by atoms with Crippen molar-refractivity contribution < 1.29 is 46.0 Å². The minimum Gasteiger partial charge on any atom is -0.451 e. The van der Waals surface area contributed by atoms with E-state index in [9.17, 15) is 22.0 Å². The van der Waals surface area contributed by atoms with E-state index in [-0.39, 0.29) is 48.1 Å². The number of amides is 1. The molecule has 0 saturated heterocycles. The molecule has 1 heterocycles. The van der Waals surface area contributed by atoms with Gasteiger partial charge in [-0.25, -0.2) is 26.6 Å². The Bertz CT molecular complexity index is 1590. The van der Waals surface area contributed by atoms with E-state index in [1.807, 2.05) is 0 Å². The fourth-order valence-corrected chi connectivity index (χ4v) is 4.65. The number of nitrogens with one attached hydrogen (secondary N) is 1. The number of nitrogens with two attached hydrogens (primary N) is 2. The Labute approximate surface area is 263 Å². The molecule has 0 saturated carbocycles. The van der Waals surface area contributed by atoms with Crippen LogP contribution in [0.2, 0.25) is 0 Å². The topological polar surface area (TPSA) is 216 Å². The Kier molecular flexibility index (Phi) is 14.1. The number of nitrogens with zero attached hydrogens (tertiary/aromatic N) is 4. The van der Waals surface area contributed by atoms with E-state index in [1.54, 1.807) is 10.9 Å². The molecule has 15 nitrogen and oxygen atoms in total. The first-order valence-electron chi connectivity index (χ1n) is 13.8. The Morgan fingerprint density at radius 3 is 2.22 bits per heavy atom. The highest BCUT2D eigenvalue weighted by molar-refractivity contribution is 7.89. The number of rotatable bonds is 19. The summed E-state index contributed by atoms with van der Waals surface area (Å²) in [5, 5.41) is 16.6. The number of aliphatic imine (C=N–C) groups is 1. The molecule has 0 aliphatic rings. The summed E-state index contributed by atoms with van der Waals surface area (Å²) in [7, 11) is -3.89. The normalized spacial score (nSPS) is 11.9. The number of carbonyl (C=O) groups excluding carboxylic acids is 1. The molecule has 46 heavy (non-hydrogen) atoms. The zero-order valence-corrected chi connectivity index (χ0v) is 25.7. The van der Waals surface area contributed by atoms with Crippen molar-refractivity contribution in [1.82, 2.24) is 19.7 Å². The van der Waals surface area contributed by atoms with E-state index < -0.39 is 39.3 Å². The van der Waals surface area contributed by atoms with Crippen LogP contribution < -0.4 is 20.9 Å². The summed E-state index contributed by atoms with van der Waals surface area (Å²) in [6, 6.07) is 6.85. The van der Waals surface area contributed by atoms with Gasteiger partial charge in [0, 0.05) is 12.1 Å². The van der Waals surface area contributed by atoms with Gasteiger partial charge in [0.15, 0.2) is 23.3 Å². The van der Waals surface area contributed by atoms with Crippen molar-refractivity contribution in [1.29, 1.82) is 0 Å². The third-order valence-corrected chi connectivity index (χ3v) is 7.30. The highest BCUT2D eigenvalue weighted by Gasteiger charge is 2.17. The SMILES string of the molecule is CC(=Cc1cc(F)c(Oc2ccc(S(=O)(=O)NCCOCCOCCOCCn3cc(CO)nn3)cc2)c(F)c1)C(=O)N=C(N)N. The molecular formula is C28H35F2N7O8S. The summed E-state index contributed by atoms with van der Waals surface area (Å²) >= 11 is 0. The first kappa shape index (κ1) is 36.1. The number of halogens is 2. The van der Waals surface area contributed by atoms with Gasteiger partial charge in [-0.15, -0.1) is 5.10 Å². The molecule has 0 radical (unpaired) electrons. The molecule has 2 aromatic carbocycles. The zero-order valence-electron chi connectivity index (χ0n) is 24.9. The molecule has 0 bridgehead atoms. The molecule has 0 aliphatic carbocycles. The smallest absolute Gasteiger partial charge is 0.275 e. The van der Waals surface area contributed by atoms with E-state index in [4.69, 9.17) is 35.5 Å². The molecule has 1 aromatic heterocycles. The third kappa shape index (κ3) is 11.9. The van der Waals surface area contributed by atoms with Crippen molar-refractivity contribution in [3.8, 4) is 11.5 Å². The number of benzene rings is 2. The van der Waals surface area contributed by atoms with Crippen LogP contribution in [0.25, 0.3) is 6.08 Å². The fourth-order valence-electron chi connectivity index (χ4n) is 3.63. The highest BCUT2D eigenvalue weighted by Crippen LogP contribution is 2.30. The lowest BCUT2D eigenvalue weighted by atomic mass is 10.1. The van der Waals surface area contributed by atoms with E-state index in [2.05, 4.69) is 20.0 Å². The van der Waals surface area contributed by atoms with Crippen LogP contribution in [0.3, 0.4) is 0 Å². The van der Waals surface area contributed by atoms with Gasteiger partial charge >= 0.3 is 0 Å². The summed E-state index contributed by atoms with van der Waals surface area (Å²) < 4.78 is 79.9. The van der Waals surface area contributed by atoms with Gasteiger partial charge < -0.3 is 35.5 Å². The van der Waals surface area contributed by atoms with E-state index in [0.29, 0.717) is 38.7 Å². The number of carbonyl (C=O) groups is 1. The van der Waals surface area contributed by atoms with Gasteiger partial charge in [0.05, 0.1) is 63.9 Å². The second-order valence-electron chi connectivity index (χ2n) is 9.42. The van der Waals surface area contributed by atoms with E-state index in [0.717, 1.165) is 12.1 Å². The molecule has 0 atom stereocenters. The predicted molar refractivity (Wildman–Crippen MR) is 161 cm³/mol. The minimum absolute atomic E-state index is 0.00176. The van der Waals surface area contributed by atoms with Crippen LogP contribution in [0, 0.1) is 11.6 Å². The maximum absolute atomic E-state index is 14.6. The van der Waals surface area contributed by atoms with E-state index >= 15 is 0 Å². The van der Waals surface area contributed by atoms with Gasteiger partial charge in [-0.1, -0.05) is 5.21 Å². The van der Waals surface area contributed by atoms with Gasteiger partial charge in [0.1, 0.15) is 11.4 Å². The number of guanidine groups is 1. The lowest BCUT2D eigenvalue weighted by Crippen LogP contribution is -2.27. The zero-order chi connectivity index (χ0) is 33.5. The van der Waals surface area contributed by atoms with Crippen molar-refractivity contribution in [3.05, 3.63) is 71.1 Å². The molecule has 6 N–H and O–H groups in total.